The topological polar surface area (TPSA) is 95.7 Å². The Morgan fingerprint density at radius 1 is 1.03 bits per heavy atom. The number of hydrogen-bond acceptors (Lipinski definition) is 4. The summed E-state index contributed by atoms with van der Waals surface area (Å²) in [5.41, 5.74) is 0.386. The molecule has 0 amide bonds. The van der Waals surface area contributed by atoms with E-state index in [0.717, 1.165) is 37.1 Å². The Morgan fingerprint density at radius 3 is 2.32 bits per heavy atom. The Morgan fingerprint density at radius 2 is 1.70 bits per heavy atom. The van der Waals surface area contributed by atoms with Crippen LogP contribution in [0.3, 0.4) is 0 Å². The van der Waals surface area contributed by atoms with Crippen molar-refractivity contribution >= 4 is 24.1 Å². The van der Waals surface area contributed by atoms with Gasteiger partial charge in [-0.05, 0) is 98.6 Å². The van der Waals surface area contributed by atoms with Crippen LogP contribution in [0.4, 0.5) is 0 Å². The maximum Gasteiger partial charge on any atom is 0.380 e. The van der Waals surface area contributed by atoms with Crippen LogP contribution in [0.1, 0.15) is 78.7 Å². The lowest BCUT2D eigenvalue weighted by molar-refractivity contribution is -0.114. The van der Waals surface area contributed by atoms with Crippen molar-refractivity contribution in [1.82, 2.24) is 14.5 Å². The number of para-hydroxylation sites is 2. The summed E-state index contributed by atoms with van der Waals surface area (Å²) in [6, 6.07) is 7.93. The van der Waals surface area contributed by atoms with Crippen LogP contribution in [-0.4, -0.2) is 42.9 Å². The number of aromatic nitrogens is 2. The van der Waals surface area contributed by atoms with Gasteiger partial charge in [0.2, 0.25) is 5.44 Å². The van der Waals surface area contributed by atoms with E-state index in [-0.39, 0.29) is 6.04 Å². The molecule has 3 heterocycles. The molecule has 3 saturated carbocycles. The molecule has 2 aromatic rings. The zero-order chi connectivity index (χ0) is 26.3. The molecule has 37 heavy (non-hydrogen) atoms. The van der Waals surface area contributed by atoms with Gasteiger partial charge < -0.3 is 14.4 Å². The van der Waals surface area contributed by atoms with Crippen LogP contribution in [0.15, 0.2) is 29.1 Å². The van der Waals surface area contributed by atoms with Crippen molar-refractivity contribution in [3.8, 4) is 0 Å². The van der Waals surface area contributed by atoms with E-state index in [4.69, 9.17) is 0 Å². The fourth-order valence-corrected chi connectivity index (χ4v) is 9.64. The number of hydrogen-bond donors (Lipinski definition) is 2. The Bertz CT molecular complexity index is 1280. The number of benzene rings is 1. The first kappa shape index (κ1) is 25.7. The van der Waals surface area contributed by atoms with Gasteiger partial charge >= 0.3 is 7.60 Å². The van der Waals surface area contributed by atoms with Gasteiger partial charge in [-0.2, -0.15) is 0 Å². The molecule has 7 rings (SSSR count). The van der Waals surface area contributed by atoms with Gasteiger partial charge in [0, 0.05) is 18.1 Å². The van der Waals surface area contributed by atoms with Crippen molar-refractivity contribution in [3.63, 3.8) is 0 Å². The molecule has 2 unspecified atom stereocenters. The monoisotopic (exact) mass is 527 g/mol. The standard InChI is InChI=1S/C29H42N3O4P/c1-17-13-18(2)26-16-21(32-24-8-6-5-7-23(24)30-27(28(32)33)37(34,35)36)15-25(17)31(26)12-11-19-9-10-20-14-22(19)29(20,3)4/h5-8,17-22,25-26H,9-16H2,1-4H3,(H2,34,35,36)/t17-,18+,19-,20-,21?,22?,25+,26-/m0/s1. The average molecular weight is 528 g/mol. The first-order valence-corrected chi connectivity index (χ1v) is 15.9. The van der Waals surface area contributed by atoms with Crippen molar-refractivity contribution in [2.45, 2.75) is 90.8 Å². The van der Waals surface area contributed by atoms with Crippen LogP contribution in [0, 0.1) is 35.0 Å². The smallest absolute Gasteiger partial charge is 0.320 e. The summed E-state index contributed by atoms with van der Waals surface area (Å²) in [5, 5.41) is 0. The third-order valence-corrected chi connectivity index (χ3v) is 12.0. The van der Waals surface area contributed by atoms with Gasteiger partial charge in [-0.3, -0.25) is 14.3 Å². The van der Waals surface area contributed by atoms with E-state index in [2.05, 4.69) is 37.6 Å². The highest BCUT2D eigenvalue weighted by Crippen LogP contribution is 2.62. The van der Waals surface area contributed by atoms with Gasteiger partial charge in [-0.25, -0.2) is 4.98 Å². The van der Waals surface area contributed by atoms with Gasteiger partial charge in [-0.1, -0.05) is 39.8 Å². The minimum Gasteiger partial charge on any atom is -0.320 e. The van der Waals surface area contributed by atoms with Crippen molar-refractivity contribution in [2.24, 2.45) is 35.0 Å². The largest absolute Gasteiger partial charge is 0.380 e. The molecule has 5 aliphatic rings. The Hall–Kier alpha value is -1.53. The normalized spacial score (nSPS) is 37.4. The Labute approximate surface area is 219 Å². The van der Waals surface area contributed by atoms with E-state index in [0.29, 0.717) is 40.4 Å². The second-order valence-electron chi connectivity index (χ2n) is 13.3. The average Bonchev–Trinajstić information content (AvgIpc) is 2.85. The Kier molecular flexibility index (Phi) is 6.27. The van der Waals surface area contributed by atoms with E-state index in [1.54, 1.807) is 16.7 Å². The lowest BCUT2D eigenvalue weighted by atomic mass is 9.45. The molecule has 2 aliphatic heterocycles. The summed E-state index contributed by atoms with van der Waals surface area (Å²) in [6.07, 6.45) is 8.30. The summed E-state index contributed by atoms with van der Waals surface area (Å²) in [7, 11) is -4.79. The van der Waals surface area contributed by atoms with E-state index >= 15 is 0 Å². The zero-order valence-electron chi connectivity index (χ0n) is 22.6. The number of fused-ring (bicyclic) bond motifs is 5. The van der Waals surface area contributed by atoms with Crippen LogP contribution in [0.2, 0.25) is 0 Å². The second-order valence-corrected chi connectivity index (χ2v) is 14.8. The lowest BCUT2D eigenvalue weighted by Crippen LogP contribution is -2.60. The van der Waals surface area contributed by atoms with Crippen LogP contribution in [0.5, 0.6) is 0 Å². The molecule has 2 saturated heterocycles. The van der Waals surface area contributed by atoms with Gasteiger partial charge in [0.05, 0.1) is 11.0 Å². The number of nitrogens with zero attached hydrogens (tertiary/aromatic N) is 3. The highest BCUT2D eigenvalue weighted by Gasteiger charge is 2.54. The molecule has 0 radical (unpaired) electrons. The van der Waals surface area contributed by atoms with E-state index < -0.39 is 18.6 Å². The molecular weight excluding hydrogens is 485 g/mol. The van der Waals surface area contributed by atoms with Crippen molar-refractivity contribution in [2.75, 3.05) is 6.54 Å². The quantitative estimate of drug-likeness (QED) is 0.547. The summed E-state index contributed by atoms with van der Waals surface area (Å²) in [5.74, 6) is 3.66. The van der Waals surface area contributed by atoms with Crippen LogP contribution in [0.25, 0.3) is 11.0 Å². The predicted octanol–water partition coefficient (Wildman–Crippen LogP) is 4.71. The maximum absolute atomic E-state index is 13.5. The fraction of sp³-hybridized carbons (Fsp3) is 0.724. The third kappa shape index (κ3) is 4.16. The highest BCUT2D eigenvalue weighted by atomic mass is 31.2. The summed E-state index contributed by atoms with van der Waals surface area (Å²) in [6.45, 7) is 10.8. The predicted molar refractivity (Wildman–Crippen MR) is 146 cm³/mol. The summed E-state index contributed by atoms with van der Waals surface area (Å²) < 4.78 is 13.9. The molecule has 8 heteroatoms. The lowest BCUT2D eigenvalue weighted by Gasteiger charge is -2.61. The molecule has 1 aromatic carbocycles. The third-order valence-electron chi connectivity index (χ3n) is 11.1. The van der Waals surface area contributed by atoms with E-state index in [1.165, 1.54) is 32.1 Å². The fourth-order valence-electron chi connectivity index (χ4n) is 9.05. The number of piperidine rings is 2. The maximum atomic E-state index is 13.5. The second kappa shape index (κ2) is 9.01. The molecule has 4 bridgehead atoms. The Balaban J connectivity index is 1.31. The van der Waals surface area contributed by atoms with Crippen LogP contribution >= 0.6 is 7.60 Å². The van der Waals surface area contributed by atoms with Crippen LogP contribution in [-0.2, 0) is 4.57 Å². The van der Waals surface area contributed by atoms with Crippen molar-refractivity contribution in [3.05, 3.63) is 34.6 Å². The van der Waals surface area contributed by atoms with Gasteiger partial charge in [-0.15, -0.1) is 0 Å². The van der Waals surface area contributed by atoms with E-state index in [9.17, 15) is 19.1 Å². The highest BCUT2D eigenvalue weighted by molar-refractivity contribution is 7.59. The number of rotatable bonds is 5. The first-order valence-electron chi connectivity index (χ1n) is 14.3. The molecule has 5 fully saturated rings. The molecule has 202 valence electrons. The minimum absolute atomic E-state index is 0.0943. The SMILES string of the molecule is C[C@@H]1C[C@H](C)[C@H]2CC(n3c(=O)c(P(=O)(O)O)nc4ccccc43)C[C@@H]1N2CC[C@@H]1CC[C@H]2CC1C2(C)C. The van der Waals surface area contributed by atoms with Crippen molar-refractivity contribution < 1.29 is 14.4 Å². The summed E-state index contributed by atoms with van der Waals surface area (Å²) >= 11 is 0. The van der Waals surface area contributed by atoms with Gasteiger partial charge in [0.15, 0.2) is 0 Å². The van der Waals surface area contributed by atoms with Gasteiger partial charge in [0.25, 0.3) is 5.56 Å². The molecule has 7 nitrogen and oxygen atoms in total. The molecule has 2 N–H and O–H groups in total. The molecular formula is C29H42N3O4P. The summed E-state index contributed by atoms with van der Waals surface area (Å²) in [4.78, 5) is 40.2. The van der Waals surface area contributed by atoms with E-state index in [1.807, 2.05) is 12.1 Å². The molecule has 0 spiro atoms. The molecule has 1 aromatic heterocycles. The minimum atomic E-state index is -4.79. The zero-order valence-corrected chi connectivity index (χ0v) is 23.5. The van der Waals surface area contributed by atoms with Crippen LogP contribution < -0.4 is 11.0 Å². The first-order chi connectivity index (χ1) is 17.5. The molecule has 3 aliphatic carbocycles. The molecule has 8 atom stereocenters. The van der Waals surface area contributed by atoms with Gasteiger partial charge in [0.1, 0.15) is 0 Å². The van der Waals surface area contributed by atoms with Crippen molar-refractivity contribution in [1.29, 1.82) is 0 Å².